The maximum atomic E-state index is 5.78. The zero-order valence-corrected chi connectivity index (χ0v) is 14.2. The van der Waals surface area contributed by atoms with Crippen molar-refractivity contribution in [3.05, 3.63) is 35.4 Å². The number of aliphatic imine (C=N–C) groups is 1. The lowest BCUT2D eigenvalue weighted by Crippen LogP contribution is -2.48. The number of rotatable bonds is 4. The fourth-order valence-corrected chi connectivity index (χ4v) is 2.62. The minimum absolute atomic E-state index is 0.225. The molecule has 0 saturated carbocycles. The number of benzene rings is 1. The summed E-state index contributed by atoms with van der Waals surface area (Å²) in [6.45, 7) is 6.51. The van der Waals surface area contributed by atoms with E-state index in [1.807, 2.05) is 7.05 Å². The Bertz CT molecular complexity index is 486. The third kappa shape index (κ3) is 5.00. The lowest BCUT2D eigenvalue weighted by Gasteiger charge is -2.31. The number of nitrogens with zero attached hydrogens (tertiary/aromatic N) is 3. The van der Waals surface area contributed by atoms with Gasteiger partial charge in [-0.05, 0) is 19.5 Å². The smallest absolute Gasteiger partial charge is 0.193 e. The second-order valence-corrected chi connectivity index (χ2v) is 6.02. The highest BCUT2D eigenvalue weighted by Gasteiger charge is 2.18. The summed E-state index contributed by atoms with van der Waals surface area (Å²) < 4.78 is 5.78. The number of likely N-dealkylation sites (N-methyl/N-ethyl adjacent to an activating group) is 1. The van der Waals surface area contributed by atoms with E-state index in [0.717, 1.165) is 38.7 Å². The van der Waals surface area contributed by atoms with Gasteiger partial charge in [0, 0.05) is 40.3 Å². The van der Waals surface area contributed by atoms with Gasteiger partial charge in [0.25, 0.3) is 0 Å². The molecule has 1 atom stereocenters. The van der Waals surface area contributed by atoms with E-state index >= 15 is 0 Å². The Kier molecular flexibility index (Phi) is 6.21. The Balaban J connectivity index is 1.83. The summed E-state index contributed by atoms with van der Waals surface area (Å²) in [5.41, 5.74) is 2.57. The SMILES string of the molecule is CN=C(NCC1CN(C)CCO1)N(C)Cc1ccc(C)cc1. The third-order valence-electron chi connectivity index (χ3n) is 3.94. The molecule has 1 aliphatic heterocycles. The van der Waals surface area contributed by atoms with Crippen LogP contribution in [0.4, 0.5) is 0 Å². The third-order valence-corrected chi connectivity index (χ3v) is 3.94. The molecule has 1 N–H and O–H groups in total. The first-order chi connectivity index (χ1) is 10.6. The van der Waals surface area contributed by atoms with Crippen molar-refractivity contribution in [2.45, 2.75) is 19.6 Å². The maximum absolute atomic E-state index is 5.78. The minimum atomic E-state index is 0.225. The molecule has 1 aromatic carbocycles. The van der Waals surface area contributed by atoms with E-state index < -0.39 is 0 Å². The van der Waals surface area contributed by atoms with E-state index in [-0.39, 0.29) is 6.10 Å². The van der Waals surface area contributed by atoms with Gasteiger partial charge in [-0.3, -0.25) is 4.99 Å². The normalized spacial score (nSPS) is 20.0. The largest absolute Gasteiger partial charge is 0.374 e. The van der Waals surface area contributed by atoms with Crippen molar-refractivity contribution >= 4 is 5.96 Å². The molecule has 0 aromatic heterocycles. The van der Waals surface area contributed by atoms with Crippen LogP contribution < -0.4 is 5.32 Å². The van der Waals surface area contributed by atoms with E-state index in [2.05, 4.69) is 65.4 Å². The van der Waals surface area contributed by atoms with Gasteiger partial charge in [0.2, 0.25) is 0 Å². The topological polar surface area (TPSA) is 40.1 Å². The van der Waals surface area contributed by atoms with Crippen LogP contribution in [0.25, 0.3) is 0 Å². The summed E-state index contributed by atoms with van der Waals surface area (Å²) >= 11 is 0. The lowest BCUT2D eigenvalue weighted by molar-refractivity contribution is -0.0163. The fourth-order valence-electron chi connectivity index (χ4n) is 2.62. The second kappa shape index (κ2) is 8.15. The second-order valence-electron chi connectivity index (χ2n) is 6.02. The average Bonchev–Trinajstić information content (AvgIpc) is 2.50. The molecular weight excluding hydrogens is 276 g/mol. The Morgan fingerprint density at radius 2 is 2.14 bits per heavy atom. The predicted octanol–water partition coefficient (Wildman–Crippen LogP) is 1.33. The van der Waals surface area contributed by atoms with Crippen LogP contribution in [0.2, 0.25) is 0 Å². The van der Waals surface area contributed by atoms with Crippen molar-refractivity contribution in [2.75, 3.05) is 47.4 Å². The number of guanidine groups is 1. The highest BCUT2D eigenvalue weighted by Crippen LogP contribution is 2.06. The molecule has 1 aromatic rings. The number of hydrogen-bond acceptors (Lipinski definition) is 3. The van der Waals surface area contributed by atoms with Crippen LogP contribution in [-0.2, 0) is 11.3 Å². The van der Waals surface area contributed by atoms with Gasteiger partial charge in [0.1, 0.15) is 0 Å². The molecular formula is C17H28N4O. The van der Waals surface area contributed by atoms with Crippen LogP contribution >= 0.6 is 0 Å². The van der Waals surface area contributed by atoms with Crippen molar-refractivity contribution < 1.29 is 4.74 Å². The first kappa shape index (κ1) is 16.8. The van der Waals surface area contributed by atoms with Crippen LogP contribution in [0.3, 0.4) is 0 Å². The standard InChI is InChI=1S/C17H28N4O/c1-14-5-7-15(8-6-14)12-21(4)17(18-2)19-11-16-13-20(3)9-10-22-16/h5-8,16H,9-13H2,1-4H3,(H,18,19). The molecule has 1 saturated heterocycles. The Morgan fingerprint density at radius 1 is 1.41 bits per heavy atom. The monoisotopic (exact) mass is 304 g/mol. The highest BCUT2D eigenvalue weighted by molar-refractivity contribution is 5.79. The van der Waals surface area contributed by atoms with Crippen molar-refractivity contribution in [3.8, 4) is 0 Å². The Labute approximate surface area is 134 Å². The van der Waals surface area contributed by atoms with Crippen molar-refractivity contribution in [1.29, 1.82) is 0 Å². The minimum Gasteiger partial charge on any atom is -0.374 e. The van der Waals surface area contributed by atoms with E-state index in [1.54, 1.807) is 0 Å². The van der Waals surface area contributed by atoms with Crippen LogP contribution in [0.15, 0.2) is 29.3 Å². The van der Waals surface area contributed by atoms with E-state index in [4.69, 9.17) is 4.74 Å². The number of nitrogens with one attached hydrogen (secondary N) is 1. The van der Waals surface area contributed by atoms with Gasteiger partial charge >= 0.3 is 0 Å². The van der Waals surface area contributed by atoms with Gasteiger partial charge in [-0.15, -0.1) is 0 Å². The van der Waals surface area contributed by atoms with Crippen LogP contribution in [0.5, 0.6) is 0 Å². The lowest BCUT2D eigenvalue weighted by atomic mass is 10.1. The van der Waals surface area contributed by atoms with Crippen molar-refractivity contribution in [1.82, 2.24) is 15.1 Å². The Hall–Kier alpha value is -1.59. The summed E-state index contributed by atoms with van der Waals surface area (Å²) in [6, 6.07) is 8.62. The molecule has 0 aliphatic carbocycles. The molecule has 0 radical (unpaired) electrons. The summed E-state index contributed by atoms with van der Waals surface area (Å²) in [6.07, 6.45) is 0.225. The van der Waals surface area contributed by atoms with Crippen molar-refractivity contribution in [3.63, 3.8) is 0 Å². The van der Waals surface area contributed by atoms with E-state index in [1.165, 1.54) is 11.1 Å². The van der Waals surface area contributed by atoms with Gasteiger partial charge in [0.05, 0.1) is 12.7 Å². The molecule has 1 unspecified atom stereocenters. The molecule has 22 heavy (non-hydrogen) atoms. The molecule has 1 aliphatic rings. The summed E-state index contributed by atoms with van der Waals surface area (Å²) in [4.78, 5) is 8.80. The van der Waals surface area contributed by atoms with Crippen LogP contribution in [-0.4, -0.2) is 69.2 Å². The van der Waals surface area contributed by atoms with Crippen LogP contribution in [0.1, 0.15) is 11.1 Å². The van der Waals surface area contributed by atoms with Gasteiger partial charge in [-0.25, -0.2) is 0 Å². The first-order valence-electron chi connectivity index (χ1n) is 7.86. The molecule has 5 nitrogen and oxygen atoms in total. The molecule has 1 fully saturated rings. The zero-order chi connectivity index (χ0) is 15.9. The molecule has 1 heterocycles. The van der Waals surface area contributed by atoms with Gasteiger partial charge in [-0.2, -0.15) is 0 Å². The van der Waals surface area contributed by atoms with Gasteiger partial charge < -0.3 is 19.9 Å². The molecule has 0 spiro atoms. The molecule has 0 bridgehead atoms. The molecule has 122 valence electrons. The fraction of sp³-hybridized carbons (Fsp3) is 0.588. The van der Waals surface area contributed by atoms with Crippen molar-refractivity contribution in [2.24, 2.45) is 4.99 Å². The average molecular weight is 304 g/mol. The maximum Gasteiger partial charge on any atom is 0.193 e. The summed E-state index contributed by atoms with van der Waals surface area (Å²) in [7, 11) is 6.01. The summed E-state index contributed by atoms with van der Waals surface area (Å²) in [5.74, 6) is 0.900. The molecule has 0 amide bonds. The summed E-state index contributed by atoms with van der Waals surface area (Å²) in [5, 5.41) is 3.42. The highest BCUT2D eigenvalue weighted by atomic mass is 16.5. The van der Waals surface area contributed by atoms with Gasteiger partial charge in [-0.1, -0.05) is 29.8 Å². The van der Waals surface area contributed by atoms with Crippen LogP contribution in [0, 0.1) is 6.92 Å². The Morgan fingerprint density at radius 3 is 2.77 bits per heavy atom. The number of hydrogen-bond donors (Lipinski definition) is 1. The zero-order valence-electron chi connectivity index (χ0n) is 14.2. The number of aryl methyl sites for hydroxylation is 1. The van der Waals surface area contributed by atoms with Gasteiger partial charge in [0.15, 0.2) is 5.96 Å². The molecule has 5 heteroatoms. The number of morpholine rings is 1. The number of ether oxygens (including phenoxy) is 1. The quantitative estimate of drug-likeness (QED) is 0.673. The van der Waals surface area contributed by atoms with E-state index in [9.17, 15) is 0 Å². The molecule has 2 rings (SSSR count). The first-order valence-corrected chi connectivity index (χ1v) is 7.86. The predicted molar refractivity (Wildman–Crippen MR) is 91.2 cm³/mol. The van der Waals surface area contributed by atoms with E-state index in [0.29, 0.717) is 0 Å².